The van der Waals surface area contributed by atoms with Gasteiger partial charge in [-0.1, -0.05) is 42.5 Å². The van der Waals surface area contributed by atoms with Gasteiger partial charge in [-0.15, -0.1) is 0 Å². The van der Waals surface area contributed by atoms with Crippen molar-refractivity contribution in [2.45, 2.75) is 13.0 Å². The lowest BCUT2D eigenvalue weighted by Gasteiger charge is -2.35. The number of hydrogen-bond acceptors (Lipinski definition) is 5. The molecule has 0 aliphatic carbocycles. The fourth-order valence-corrected chi connectivity index (χ4v) is 4.20. The van der Waals surface area contributed by atoms with Gasteiger partial charge in [0, 0.05) is 25.0 Å². The summed E-state index contributed by atoms with van der Waals surface area (Å²) in [6.45, 7) is 5.91. The molecule has 7 nitrogen and oxygen atoms in total. The topological polar surface area (TPSA) is 72.1 Å². The molecule has 0 radical (unpaired) electrons. The molecule has 1 aliphatic rings. The molecular weight excluding hydrogens is 418 g/mol. The van der Waals surface area contributed by atoms with E-state index in [0.29, 0.717) is 37.9 Å². The molecule has 1 atom stereocenters. The van der Waals surface area contributed by atoms with Crippen LogP contribution < -0.4 is 20.1 Å². The molecule has 2 amide bonds. The van der Waals surface area contributed by atoms with Gasteiger partial charge in [0.25, 0.3) is 0 Å². The molecule has 2 N–H and O–H groups in total. The number of anilines is 1. The summed E-state index contributed by atoms with van der Waals surface area (Å²) in [4.78, 5) is 15.2. The number of nitrogens with one attached hydrogen (secondary N) is 2. The third kappa shape index (κ3) is 5.56. The minimum atomic E-state index is -0.234. The van der Waals surface area contributed by atoms with Crippen molar-refractivity contribution in [3.63, 3.8) is 0 Å². The lowest BCUT2D eigenvalue weighted by atomic mass is 10.0. The van der Waals surface area contributed by atoms with E-state index in [-0.39, 0.29) is 12.1 Å². The van der Waals surface area contributed by atoms with Crippen molar-refractivity contribution in [2.75, 3.05) is 51.9 Å². The average molecular weight is 450 g/mol. The maximum atomic E-state index is 12.8. The van der Waals surface area contributed by atoms with E-state index in [1.54, 1.807) is 7.11 Å². The normalized spacial score (nSPS) is 15.1. The Labute approximate surface area is 194 Å². The van der Waals surface area contributed by atoms with Crippen LogP contribution in [-0.4, -0.2) is 57.5 Å². The third-order valence-corrected chi connectivity index (χ3v) is 5.85. The van der Waals surface area contributed by atoms with Crippen LogP contribution in [0.15, 0.2) is 60.7 Å². The van der Waals surface area contributed by atoms with E-state index in [0.717, 1.165) is 35.1 Å². The Morgan fingerprint density at radius 1 is 1.06 bits per heavy atom. The molecule has 1 fully saturated rings. The molecule has 0 saturated carbocycles. The molecule has 0 spiro atoms. The molecule has 3 aromatic carbocycles. The van der Waals surface area contributed by atoms with E-state index >= 15 is 0 Å². The van der Waals surface area contributed by atoms with E-state index in [1.165, 1.54) is 0 Å². The monoisotopic (exact) mass is 449 g/mol. The Hall–Kier alpha value is -3.29. The number of urea groups is 1. The van der Waals surface area contributed by atoms with Gasteiger partial charge in [-0.05, 0) is 36.1 Å². The Morgan fingerprint density at radius 3 is 2.64 bits per heavy atom. The number of morpholine rings is 1. The molecule has 174 valence electrons. The van der Waals surface area contributed by atoms with Gasteiger partial charge in [0.2, 0.25) is 0 Å². The van der Waals surface area contributed by atoms with Crippen LogP contribution in [0, 0.1) is 0 Å². The van der Waals surface area contributed by atoms with Crippen molar-refractivity contribution < 1.29 is 19.0 Å². The Balaban J connectivity index is 1.50. The summed E-state index contributed by atoms with van der Waals surface area (Å²) in [6.07, 6.45) is 0. The zero-order chi connectivity index (χ0) is 23.0. The highest BCUT2D eigenvalue weighted by molar-refractivity contribution is 6.01. The van der Waals surface area contributed by atoms with E-state index in [1.807, 2.05) is 67.6 Å². The summed E-state index contributed by atoms with van der Waals surface area (Å²) in [5, 5.41) is 8.17. The van der Waals surface area contributed by atoms with Gasteiger partial charge in [-0.3, -0.25) is 4.90 Å². The number of amides is 2. The molecule has 7 heteroatoms. The lowest BCUT2D eigenvalue weighted by Crippen LogP contribution is -2.44. The first-order valence-electron chi connectivity index (χ1n) is 11.3. The molecule has 0 aromatic heterocycles. The van der Waals surface area contributed by atoms with Crippen LogP contribution in [0.25, 0.3) is 10.8 Å². The van der Waals surface area contributed by atoms with E-state index in [2.05, 4.69) is 15.5 Å². The first-order valence-corrected chi connectivity index (χ1v) is 11.3. The molecule has 1 heterocycles. The highest BCUT2D eigenvalue weighted by Gasteiger charge is 2.24. The zero-order valence-corrected chi connectivity index (χ0v) is 19.2. The van der Waals surface area contributed by atoms with Crippen LogP contribution in [0.1, 0.15) is 18.5 Å². The highest BCUT2D eigenvalue weighted by Crippen LogP contribution is 2.32. The summed E-state index contributed by atoms with van der Waals surface area (Å²) in [6, 6.07) is 19.6. The number of hydrogen-bond donors (Lipinski definition) is 2. The molecule has 3 aromatic rings. The second-order valence-corrected chi connectivity index (χ2v) is 7.87. The number of ether oxygens (including phenoxy) is 3. The zero-order valence-electron chi connectivity index (χ0n) is 19.2. The number of methoxy groups -OCH3 is 1. The average Bonchev–Trinajstić information content (AvgIpc) is 2.86. The standard InChI is InChI=1S/C26H31N3O4/c1-3-33-24-12-11-20(17-25(24)31-2)23(29-13-15-32-16-14-29)18-27-26(30)28-22-10-6-8-19-7-4-5-9-21(19)22/h4-12,17,23H,3,13-16,18H2,1-2H3,(H2,27,28,30)/t23-/m0/s1. The van der Waals surface area contributed by atoms with Crippen molar-refractivity contribution in [3.05, 3.63) is 66.2 Å². The Morgan fingerprint density at radius 2 is 1.85 bits per heavy atom. The fourth-order valence-electron chi connectivity index (χ4n) is 4.20. The summed E-state index contributed by atoms with van der Waals surface area (Å²) < 4.78 is 16.8. The maximum Gasteiger partial charge on any atom is 0.319 e. The molecular formula is C26H31N3O4. The number of carbonyl (C=O) groups excluding carboxylic acids is 1. The van der Waals surface area contributed by atoms with E-state index in [9.17, 15) is 4.79 Å². The number of benzene rings is 3. The van der Waals surface area contributed by atoms with Crippen molar-refractivity contribution in [2.24, 2.45) is 0 Å². The highest BCUT2D eigenvalue weighted by atomic mass is 16.5. The lowest BCUT2D eigenvalue weighted by molar-refractivity contribution is 0.0167. The minimum Gasteiger partial charge on any atom is -0.493 e. The van der Waals surface area contributed by atoms with Crippen LogP contribution in [-0.2, 0) is 4.74 Å². The quantitative estimate of drug-likeness (QED) is 0.532. The van der Waals surface area contributed by atoms with Crippen molar-refractivity contribution >= 4 is 22.5 Å². The Kier molecular flexibility index (Phi) is 7.65. The SMILES string of the molecule is CCOc1ccc([C@H](CNC(=O)Nc2cccc3ccccc23)N2CCOCC2)cc1OC. The van der Waals surface area contributed by atoms with Crippen molar-refractivity contribution in [1.29, 1.82) is 0 Å². The first kappa shape index (κ1) is 22.9. The second-order valence-electron chi connectivity index (χ2n) is 7.87. The van der Waals surface area contributed by atoms with Crippen LogP contribution in [0.4, 0.5) is 10.5 Å². The number of carbonyl (C=O) groups is 1. The Bertz CT molecular complexity index is 1080. The molecule has 0 bridgehead atoms. The number of fused-ring (bicyclic) bond motifs is 1. The minimum absolute atomic E-state index is 0.0169. The first-order chi connectivity index (χ1) is 16.2. The maximum absolute atomic E-state index is 12.8. The third-order valence-electron chi connectivity index (χ3n) is 5.85. The summed E-state index contributed by atoms with van der Waals surface area (Å²) >= 11 is 0. The van der Waals surface area contributed by atoms with Crippen LogP contribution in [0.3, 0.4) is 0 Å². The molecule has 1 aliphatic heterocycles. The fraction of sp³-hybridized carbons (Fsp3) is 0.346. The van der Waals surface area contributed by atoms with Gasteiger partial charge in [0.05, 0.1) is 38.7 Å². The molecule has 0 unspecified atom stereocenters. The van der Waals surface area contributed by atoms with Gasteiger partial charge in [-0.2, -0.15) is 0 Å². The van der Waals surface area contributed by atoms with Crippen LogP contribution in [0.2, 0.25) is 0 Å². The van der Waals surface area contributed by atoms with Gasteiger partial charge in [0.15, 0.2) is 11.5 Å². The van der Waals surface area contributed by atoms with E-state index in [4.69, 9.17) is 14.2 Å². The molecule has 4 rings (SSSR count). The van der Waals surface area contributed by atoms with Crippen LogP contribution in [0.5, 0.6) is 11.5 Å². The second kappa shape index (κ2) is 11.0. The van der Waals surface area contributed by atoms with Gasteiger partial charge in [0.1, 0.15) is 0 Å². The number of nitrogens with zero attached hydrogens (tertiary/aromatic N) is 1. The van der Waals surface area contributed by atoms with Crippen LogP contribution >= 0.6 is 0 Å². The number of rotatable bonds is 8. The van der Waals surface area contributed by atoms with Crippen molar-refractivity contribution in [3.8, 4) is 11.5 Å². The molecule has 1 saturated heterocycles. The predicted molar refractivity (Wildman–Crippen MR) is 130 cm³/mol. The van der Waals surface area contributed by atoms with E-state index < -0.39 is 0 Å². The van der Waals surface area contributed by atoms with Crippen molar-refractivity contribution in [1.82, 2.24) is 10.2 Å². The summed E-state index contributed by atoms with van der Waals surface area (Å²) in [5.41, 5.74) is 1.85. The molecule has 33 heavy (non-hydrogen) atoms. The van der Waals surface area contributed by atoms with Gasteiger partial charge in [-0.25, -0.2) is 4.79 Å². The largest absolute Gasteiger partial charge is 0.493 e. The van der Waals surface area contributed by atoms with Gasteiger partial charge >= 0.3 is 6.03 Å². The smallest absolute Gasteiger partial charge is 0.319 e. The summed E-state index contributed by atoms with van der Waals surface area (Å²) in [7, 11) is 1.64. The predicted octanol–water partition coefficient (Wildman–Crippen LogP) is 4.44. The van der Waals surface area contributed by atoms with Gasteiger partial charge < -0.3 is 24.8 Å². The summed E-state index contributed by atoms with van der Waals surface area (Å²) in [5.74, 6) is 1.40.